The lowest BCUT2D eigenvalue weighted by atomic mass is 10.0. The van der Waals surface area contributed by atoms with Crippen LogP contribution in [-0.2, 0) is 48.4 Å². The zero-order valence-electron chi connectivity index (χ0n) is 74.1. The Morgan fingerprint density at radius 2 is 0.628 bits per heavy atom. The second kappa shape index (κ2) is 40.5. The van der Waals surface area contributed by atoms with E-state index >= 15 is 0 Å². The fourth-order valence-corrected chi connectivity index (χ4v) is 17.6. The molecule has 36 heteroatoms. The molecule has 664 valence electrons. The van der Waals surface area contributed by atoms with E-state index < -0.39 is 22.9 Å². The second-order valence-electron chi connectivity index (χ2n) is 31.6. The van der Waals surface area contributed by atoms with Crippen LogP contribution in [0.3, 0.4) is 0 Å². The number of ether oxygens (including phenoxy) is 4. The summed E-state index contributed by atoms with van der Waals surface area (Å²) in [6.07, 6.45) is 6.83. The van der Waals surface area contributed by atoms with Gasteiger partial charge >= 0.3 is 15.3 Å². The van der Waals surface area contributed by atoms with Gasteiger partial charge in [0.05, 0.1) is 50.7 Å². The Hall–Kier alpha value is -13.7. The average molecular weight is 1800 g/mol. The molecule has 0 fully saturated rings. The van der Waals surface area contributed by atoms with Gasteiger partial charge in [-0.1, -0.05) is 93.4 Å². The van der Waals surface area contributed by atoms with Crippen molar-refractivity contribution in [1.82, 2.24) is 59.2 Å². The van der Waals surface area contributed by atoms with Crippen molar-refractivity contribution < 1.29 is 79.2 Å². The van der Waals surface area contributed by atoms with E-state index in [1.54, 1.807) is 111 Å². The molecule has 8 aromatic carbocycles. The van der Waals surface area contributed by atoms with Gasteiger partial charge in [0, 0.05) is 86.3 Å². The summed E-state index contributed by atoms with van der Waals surface area (Å²) in [6.45, 7) is 46.0. The fraction of sp³-hybridized carbons (Fsp3) is 0.290. The first-order valence-electron chi connectivity index (χ1n) is 40.8. The van der Waals surface area contributed by atoms with E-state index in [1.807, 2.05) is 158 Å². The summed E-state index contributed by atoms with van der Waals surface area (Å²) in [5.74, 6) is 5.96. The van der Waals surface area contributed by atoms with Gasteiger partial charge in [-0.05, 0) is 245 Å². The molecule has 2 atom stereocenters. The highest BCUT2D eigenvalue weighted by Crippen LogP contribution is 2.53. The molecule has 4 aromatic heterocycles. The number of allylic oxidation sites excluding steroid dienone is 2. The molecule has 0 amide bonds. The predicted octanol–water partition coefficient (Wildman–Crippen LogP) is 21.3. The van der Waals surface area contributed by atoms with E-state index in [0.717, 1.165) is 72.5 Å². The van der Waals surface area contributed by atoms with Gasteiger partial charge in [0.1, 0.15) is 34.5 Å². The summed E-state index contributed by atoms with van der Waals surface area (Å²) < 4.78 is 97.4. The fourth-order valence-electron chi connectivity index (χ4n) is 14.3. The number of fused-ring (bicyclic) bond motifs is 4. The Morgan fingerprint density at radius 3 is 0.876 bits per heavy atom. The summed E-state index contributed by atoms with van der Waals surface area (Å²) in [7, 11) is 3.85. The van der Waals surface area contributed by atoms with Crippen molar-refractivity contribution in [2.24, 2.45) is 0 Å². The highest BCUT2D eigenvalue weighted by atomic mass is 31.2. The number of Topliss-reactive ketones (excluding diaryl/α,β-unsaturated/α-hetero) is 2. The molecule has 0 spiro atoms. The van der Waals surface area contributed by atoms with E-state index in [-0.39, 0.29) is 47.8 Å². The SMILES string of the molecule is CN(C)P(=O)(N(C)C)N(C)C.[C-]#[N+]c1cc(-c2nc(-c3cccc4c3CC=C4OP(=O)(O)N(C)C)no2)ccc1OC(C)C.[C-]#[N+]c1cc(-c2nc(-c3cccc4c3CC=C4OP(C)(=O)O)no2)ccc1OC(C)C.[C-]#[N+]c1cc(-c2nc(-c3cccc4c3CCC4=O)no2)ccc1OC(C)C.[C-]#[N+]c1cc(-c2nc(-c3cccc4c3CCC4=O)no2)ccc1OC(C)C. The van der Waals surface area contributed by atoms with Gasteiger partial charge in [-0.25, -0.2) is 47.2 Å². The molecule has 4 aliphatic rings. The summed E-state index contributed by atoms with van der Waals surface area (Å²) >= 11 is 0. The van der Waals surface area contributed by atoms with Crippen LogP contribution in [-0.4, -0.2) is 168 Å². The van der Waals surface area contributed by atoms with Gasteiger partial charge in [0.15, 0.2) is 11.6 Å². The van der Waals surface area contributed by atoms with Crippen molar-refractivity contribution in [3.8, 4) is 114 Å². The molecule has 0 saturated carbocycles. The predicted molar refractivity (Wildman–Crippen MR) is 488 cm³/mol. The van der Waals surface area contributed by atoms with E-state index in [4.69, 9.17) is 72.4 Å². The number of carbonyl (C=O) groups is 2. The maximum absolute atomic E-state index is 12.3. The maximum atomic E-state index is 12.3. The number of ketones is 2. The van der Waals surface area contributed by atoms with Crippen molar-refractivity contribution in [3.63, 3.8) is 0 Å². The van der Waals surface area contributed by atoms with E-state index in [0.29, 0.717) is 159 Å². The van der Waals surface area contributed by atoms with Crippen LogP contribution < -0.4 is 18.9 Å². The maximum Gasteiger partial charge on any atom is 0.458 e. The van der Waals surface area contributed by atoms with Gasteiger partial charge < -0.3 is 55.9 Å². The Kier molecular flexibility index (Phi) is 29.7. The third-order valence-corrected chi connectivity index (χ3v) is 25.1. The Balaban J connectivity index is 0.000000150. The normalized spacial score (nSPS) is 13.8. The monoisotopic (exact) mass is 1800 g/mol. The standard InChI is InChI=1S/C23H23N4O5P.C22H20N3O5P.2C21H17N3O3.C6H18N3OP/c1-14(2)30-21-11-9-15(13-19(21)24-3)23-25-22(26-31-23)18-8-6-7-17-16(18)10-12-20(17)32-33(28,29)27(4)5;1-13(2)28-20-10-8-14(12-18(20)23-3)22-24-21(25-29-22)17-7-5-6-16-15(17)9-11-19(16)30-31(4,26)27;2*1-12(2)26-19-10-7-13(11-17(19)22-3)21-23-20(24-27-21)16-6-4-5-15-14(16)8-9-18(15)25;1-7(2)11(10,8(3)4)9(5)6/h6-9,11-14H,10H2,1-2,4-5H3,(H,28,29);5-8,10-13H,9H2,1-2,4H3,(H,26,27);2*4-7,10-12H,8-9H2,1-2H3;1-6H3. The number of carbonyl (C=O) groups excluding carboxylic acids is 2. The molecule has 2 unspecified atom stereocenters. The smallest absolute Gasteiger partial charge is 0.458 e. The third kappa shape index (κ3) is 22.0. The van der Waals surface area contributed by atoms with Crippen LogP contribution in [0.25, 0.3) is 122 Å². The van der Waals surface area contributed by atoms with E-state index in [2.05, 4.69) is 59.9 Å². The number of hydrogen-bond acceptors (Lipinski definition) is 23. The Bertz CT molecular complexity index is 6420. The van der Waals surface area contributed by atoms with Crippen LogP contribution >= 0.6 is 22.9 Å². The highest BCUT2D eigenvalue weighted by molar-refractivity contribution is 7.56. The first-order valence-corrected chi connectivity index (χ1v) is 45.9. The molecule has 2 N–H and O–H groups in total. The van der Waals surface area contributed by atoms with Gasteiger partial charge in [0.2, 0.25) is 46.0 Å². The highest BCUT2D eigenvalue weighted by Gasteiger charge is 2.34. The van der Waals surface area contributed by atoms with E-state index in [9.17, 15) is 33.1 Å². The van der Waals surface area contributed by atoms with Gasteiger partial charge in [-0.3, -0.25) is 14.2 Å². The van der Waals surface area contributed by atoms with Crippen molar-refractivity contribution >= 4 is 68.8 Å². The molecule has 4 aliphatic carbocycles. The lowest BCUT2D eigenvalue weighted by Crippen LogP contribution is -2.30. The zero-order chi connectivity index (χ0) is 93.1. The third-order valence-electron chi connectivity index (χ3n) is 20.0. The number of nitrogens with zero attached hydrogens (tertiary/aromatic N) is 16. The van der Waals surface area contributed by atoms with Crippen LogP contribution in [0.2, 0.25) is 0 Å². The minimum absolute atomic E-state index is 0.0192. The topological polar surface area (TPSA) is 367 Å². The molecule has 12 aromatic rings. The second-order valence-corrected chi connectivity index (χ2v) is 38.8. The van der Waals surface area contributed by atoms with Crippen molar-refractivity contribution in [2.75, 3.05) is 63.0 Å². The molecule has 16 rings (SSSR count). The number of rotatable bonds is 24. The van der Waals surface area contributed by atoms with Crippen LogP contribution in [0.5, 0.6) is 23.0 Å². The van der Waals surface area contributed by atoms with Crippen molar-refractivity contribution in [1.29, 1.82) is 0 Å². The Morgan fingerprint density at radius 1 is 0.364 bits per heavy atom. The lowest BCUT2D eigenvalue weighted by molar-refractivity contribution is 0.0986. The van der Waals surface area contributed by atoms with Crippen molar-refractivity contribution in [2.45, 2.75) is 118 Å². The van der Waals surface area contributed by atoms with Crippen LogP contribution in [0.15, 0.2) is 176 Å². The molecule has 0 aliphatic heterocycles. The summed E-state index contributed by atoms with van der Waals surface area (Å²) in [5.41, 5.74) is 13.8. The molecular weight excluding hydrogens is 1710 g/mol. The molecule has 4 heterocycles. The van der Waals surface area contributed by atoms with Gasteiger partial charge in [-0.15, -0.1) is 0 Å². The summed E-state index contributed by atoms with van der Waals surface area (Å²) in [6, 6.07) is 42.9. The van der Waals surface area contributed by atoms with Crippen molar-refractivity contribution in [3.05, 3.63) is 248 Å². The van der Waals surface area contributed by atoms with Crippen LogP contribution in [0.1, 0.15) is 122 Å². The molecule has 0 radical (unpaired) electrons. The lowest BCUT2D eigenvalue weighted by Gasteiger charge is -2.34. The first-order chi connectivity index (χ1) is 61.4. The summed E-state index contributed by atoms with van der Waals surface area (Å²) in [4.78, 5) is 75.6. The Labute approximate surface area is 746 Å². The van der Waals surface area contributed by atoms with E-state index in [1.165, 1.54) is 14.1 Å². The van der Waals surface area contributed by atoms with Gasteiger partial charge in [-0.2, -0.15) is 19.9 Å². The number of hydrogen-bond donors (Lipinski definition) is 2. The van der Waals surface area contributed by atoms with Crippen LogP contribution in [0.4, 0.5) is 22.7 Å². The average Bonchev–Trinajstić information content (AvgIpc) is 1.66. The molecule has 129 heavy (non-hydrogen) atoms. The van der Waals surface area contributed by atoms with Gasteiger partial charge in [0.25, 0.3) is 31.2 Å². The number of benzene rings is 8. The largest absolute Gasteiger partial charge is 0.502 e. The molecule has 0 bridgehead atoms. The van der Waals surface area contributed by atoms with Crippen LogP contribution in [0, 0.1) is 26.3 Å². The minimum Gasteiger partial charge on any atom is -0.502 e. The molecular formula is C93H95N16O17P3. The minimum atomic E-state index is -3.93. The zero-order valence-corrected chi connectivity index (χ0v) is 76.8. The summed E-state index contributed by atoms with van der Waals surface area (Å²) in [5, 5.41) is 16.4. The molecule has 0 saturated heterocycles. The number of aromatic nitrogens is 8. The molecule has 33 nitrogen and oxygen atoms in total. The quantitative estimate of drug-likeness (QED) is 0.0419. The first kappa shape index (κ1) is 94.5.